The summed E-state index contributed by atoms with van der Waals surface area (Å²) in [5.41, 5.74) is 1.62. The molecule has 2 fully saturated rings. The van der Waals surface area contributed by atoms with E-state index in [1.54, 1.807) is 0 Å². The van der Waals surface area contributed by atoms with Crippen molar-refractivity contribution < 1.29 is 4.79 Å². The van der Waals surface area contributed by atoms with Crippen molar-refractivity contribution in [3.05, 3.63) is 12.2 Å². The third-order valence-electron chi connectivity index (χ3n) is 3.53. The Kier molecular flexibility index (Phi) is 1.82. The average Bonchev–Trinajstić information content (AvgIpc) is 2.33. The molecule has 0 aromatic carbocycles. The standard InChI is InChI=1S/C11H16O/c1-9-4-2-6-11(9)7-3-5-10(12)8-11/h1-8H2. The van der Waals surface area contributed by atoms with Crippen molar-refractivity contribution in [3.63, 3.8) is 0 Å². The van der Waals surface area contributed by atoms with Crippen molar-refractivity contribution in [1.82, 2.24) is 0 Å². The van der Waals surface area contributed by atoms with E-state index in [9.17, 15) is 4.79 Å². The zero-order valence-electron chi connectivity index (χ0n) is 7.57. The average molecular weight is 164 g/mol. The van der Waals surface area contributed by atoms with Crippen molar-refractivity contribution in [1.29, 1.82) is 0 Å². The van der Waals surface area contributed by atoms with Crippen LogP contribution in [0.25, 0.3) is 0 Å². The number of allylic oxidation sites excluding steroid dienone is 1. The van der Waals surface area contributed by atoms with Crippen LogP contribution in [0.1, 0.15) is 44.9 Å². The Morgan fingerprint density at radius 3 is 2.42 bits per heavy atom. The van der Waals surface area contributed by atoms with Gasteiger partial charge in [0, 0.05) is 12.8 Å². The van der Waals surface area contributed by atoms with Gasteiger partial charge in [0.1, 0.15) is 5.78 Å². The quantitative estimate of drug-likeness (QED) is 0.503. The molecule has 0 bridgehead atoms. The molecule has 2 aliphatic rings. The zero-order valence-corrected chi connectivity index (χ0v) is 7.57. The highest BCUT2D eigenvalue weighted by Gasteiger charge is 2.40. The molecule has 0 aromatic heterocycles. The molecule has 0 heterocycles. The summed E-state index contributed by atoms with van der Waals surface area (Å²) >= 11 is 0. The minimum absolute atomic E-state index is 0.259. The number of carbonyl (C=O) groups is 1. The molecule has 2 rings (SSSR count). The molecule has 1 unspecified atom stereocenters. The fourth-order valence-electron chi connectivity index (χ4n) is 2.78. The molecule has 0 aliphatic heterocycles. The third kappa shape index (κ3) is 1.12. The van der Waals surface area contributed by atoms with E-state index in [4.69, 9.17) is 0 Å². The summed E-state index contributed by atoms with van der Waals surface area (Å²) in [6.45, 7) is 4.11. The van der Waals surface area contributed by atoms with Gasteiger partial charge < -0.3 is 0 Å². The van der Waals surface area contributed by atoms with E-state index in [0.717, 1.165) is 25.7 Å². The molecule has 1 nitrogen and oxygen atoms in total. The Labute approximate surface area is 73.8 Å². The van der Waals surface area contributed by atoms with Crippen molar-refractivity contribution in [2.75, 3.05) is 0 Å². The lowest BCUT2D eigenvalue weighted by Crippen LogP contribution is -2.27. The SMILES string of the molecule is C=C1CCCC12CCCC(=O)C2. The second-order valence-corrected chi connectivity index (χ2v) is 4.31. The van der Waals surface area contributed by atoms with Gasteiger partial charge in [0.15, 0.2) is 0 Å². The molecule has 1 atom stereocenters. The lowest BCUT2D eigenvalue weighted by atomic mass is 9.70. The van der Waals surface area contributed by atoms with Crippen LogP contribution >= 0.6 is 0 Å². The number of hydrogen-bond acceptors (Lipinski definition) is 1. The van der Waals surface area contributed by atoms with Crippen LogP contribution in [0.3, 0.4) is 0 Å². The molecule has 0 saturated heterocycles. The van der Waals surface area contributed by atoms with E-state index >= 15 is 0 Å². The second-order valence-electron chi connectivity index (χ2n) is 4.31. The molecular formula is C11H16O. The molecule has 2 saturated carbocycles. The minimum atomic E-state index is 0.259. The van der Waals surface area contributed by atoms with Crippen LogP contribution in [0.2, 0.25) is 0 Å². The normalized spacial score (nSPS) is 36.3. The first-order chi connectivity index (χ1) is 5.73. The molecule has 0 N–H and O–H groups in total. The van der Waals surface area contributed by atoms with E-state index in [0.29, 0.717) is 5.78 Å². The van der Waals surface area contributed by atoms with Gasteiger partial charge in [-0.1, -0.05) is 12.2 Å². The highest BCUT2D eigenvalue weighted by atomic mass is 16.1. The second kappa shape index (κ2) is 2.72. The number of hydrogen-bond donors (Lipinski definition) is 0. The van der Waals surface area contributed by atoms with Gasteiger partial charge in [-0.25, -0.2) is 0 Å². The van der Waals surface area contributed by atoms with Crippen LogP contribution in [0.4, 0.5) is 0 Å². The Hall–Kier alpha value is -0.590. The lowest BCUT2D eigenvalue weighted by molar-refractivity contribution is -0.122. The van der Waals surface area contributed by atoms with Crippen LogP contribution in [0.15, 0.2) is 12.2 Å². The summed E-state index contributed by atoms with van der Waals surface area (Å²) in [5.74, 6) is 0.462. The Morgan fingerprint density at radius 1 is 1.17 bits per heavy atom. The first-order valence-electron chi connectivity index (χ1n) is 4.93. The van der Waals surface area contributed by atoms with Crippen molar-refractivity contribution in [2.45, 2.75) is 44.9 Å². The summed E-state index contributed by atoms with van der Waals surface area (Å²) in [6, 6.07) is 0. The van der Waals surface area contributed by atoms with E-state index in [1.807, 2.05) is 0 Å². The molecule has 0 radical (unpaired) electrons. The summed E-state index contributed by atoms with van der Waals surface area (Å²) in [6.07, 6.45) is 7.56. The van der Waals surface area contributed by atoms with Crippen molar-refractivity contribution >= 4 is 5.78 Å². The Bertz CT molecular complexity index is 229. The fraction of sp³-hybridized carbons (Fsp3) is 0.727. The van der Waals surface area contributed by atoms with Crippen molar-refractivity contribution in [3.8, 4) is 0 Å². The number of rotatable bonds is 0. The Balaban J connectivity index is 2.18. The molecule has 0 amide bonds. The van der Waals surface area contributed by atoms with Gasteiger partial charge >= 0.3 is 0 Å². The predicted octanol–water partition coefficient (Wildman–Crippen LogP) is 2.86. The van der Waals surface area contributed by atoms with E-state index in [2.05, 4.69) is 6.58 Å². The molecule has 66 valence electrons. The van der Waals surface area contributed by atoms with E-state index < -0.39 is 0 Å². The van der Waals surface area contributed by atoms with Crippen LogP contribution in [0, 0.1) is 5.41 Å². The molecule has 0 aromatic rings. The maximum Gasteiger partial charge on any atom is 0.133 e. The van der Waals surface area contributed by atoms with E-state index in [-0.39, 0.29) is 5.41 Å². The molecule has 1 spiro atoms. The largest absolute Gasteiger partial charge is 0.300 e. The lowest BCUT2D eigenvalue weighted by Gasteiger charge is -2.33. The monoisotopic (exact) mass is 164 g/mol. The zero-order chi connectivity index (χ0) is 8.60. The van der Waals surface area contributed by atoms with Gasteiger partial charge in [-0.05, 0) is 37.5 Å². The molecule has 12 heavy (non-hydrogen) atoms. The summed E-state index contributed by atoms with van der Waals surface area (Å²) in [5, 5.41) is 0. The molecule has 1 heteroatoms. The van der Waals surface area contributed by atoms with E-state index in [1.165, 1.54) is 24.8 Å². The van der Waals surface area contributed by atoms with Gasteiger partial charge in [-0.15, -0.1) is 0 Å². The number of carbonyl (C=O) groups excluding carboxylic acids is 1. The third-order valence-corrected chi connectivity index (χ3v) is 3.53. The summed E-state index contributed by atoms with van der Waals surface area (Å²) in [4.78, 5) is 11.3. The fourth-order valence-corrected chi connectivity index (χ4v) is 2.78. The highest BCUT2D eigenvalue weighted by Crippen LogP contribution is 2.50. The summed E-state index contributed by atoms with van der Waals surface area (Å²) in [7, 11) is 0. The Morgan fingerprint density at radius 2 is 1.83 bits per heavy atom. The maximum atomic E-state index is 11.3. The van der Waals surface area contributed by atoms with Gasteiger partial charge in [0.05, 0.1) is 0 Å². The predicted molar refractivity (Wildman–Crippen MR) is 48.9 cm³/mol. The maximum absolute atomic E-state index is 11.3. The topological polar surface area (TPSA) is 17.1 Å². The summed E-state index contributed by atoms with van der Waals surface area (Å²) < 4.78 is 0. The molecular weight excluding hydrogens is 148 g/mol. The van der Waals surface area contributed by atoms with Gasteiger partial charge in [0.2, 0.25) is 0 Å². The van der Waals surface area contributed by atoms with Crippen LogP contribution in [-0.4, -0.2) is 5.78 Å². The number of Topliss-reactive ketones (excluding diaryl/α,β-unsaturated/α-hetero) is 1. The van der Waals surface area contributed by atoms with Crippen molar-refractivity contribution in [2.24, 2.45) is 5.41 Å². The van der Waals surface area contributed by atoms with Gasteiger partial charge in [-0.3, -0.25) is 4.79 Å². The van der Waals surface area contributed by atoms with Crippen LogP contribution in [-0.2, 0) is 4.79 Å². The minimum Gasteiger partial charge on any atom is -0.300 e. The molecule has 2 aliphatic carbocycles. The van der Waals surface area contributed by atoms with Gasteiger partial charge in [0.25, 0.3) is 0 Å². The first-order valence-corrected chi connectivity index (χ1v) is 4.93. The number of ketones is 1. The smallest absolute Gasteiger partial charge is 0.133 e. The van der Waals surface area contributed by atoms with Crippen LogP contribution < -0.4 is 0 Å². The first kappa shape index (κ1) is 8.03. The van der Waals surface area contributed by atoms with Gasteiger partial charge in [-0.2, -0.15) is 0 Å². The van der Waals surface area contributed by atoms with Crippen LogP contribution in [0.5, 0.6) is 0 Å². The highest BCUT2D eigenvalue weighted by molar-refractivity contribution is 5.80.